The second-order valence-corrected chi connectivity index (χ2v) is 8.32. The van der Waals surface area contributed by atoms with Crippen LogP contribution < -0.4 is 0 Å². The smallest absolute Gasteiger partial charge is 0.105 e. The first-order chi connectivity index (χ1) is 14.0. The summed E-state index contributed by atoms with van der Waals surface area (Å²) in [6, 6.07) is 16.8. The molecule has 2 aromatic carbocycles. The Morgan fingerprint density at radius 1 is 1.03 bits per heavy atom. The molecule has 0 fully saturated rings. The first kappa shape index (κ1) is 20.2. The first-order valence-electron chi connectivity index (χ1n) is 9.20. The van der Waals surface area contributed by atoms with Crippen molar-refractivity contribution in [3.8, 4) is 0 Å². The van der Waals surface area contributed by atoms with Crippen molar-refractivity contribution in [3.63, 3.8) is 0 Å². The van der Waals surface area contributed by atoms with E-state index in [1.165, 1.54) is 0 Å². The molecule has 4 rings (SSSR count). The van der Waals surface area contributed by atoms with Gasteiger partial charge in [0.2, 0.25) is 0 Å². The number of hydrogen-bond donors (Lipinski definition) is 1. The van der Waals surface area contributed by atoms with Crippen molar-refractivity contribution < 1.29 is 5.11 Å². The molecule has 3 aromatic rings. The number of aromatic nitrogens is 1. The van der Waals surface area contributed by atoms with Crippen molar-refractivity contribution in [1.82, 2.24) is 9.88 Å². The summed E-state index contributed by atoms with van der Waals surface area (Å²) in [6.07, 6.45) is 2.52. The lowest BCUT2D eigenvalue weighted by atomic mass is 9.86. The fourth-order valence-corrected chi connectivity index (χ4v) is 4.72. The molecule has 0 saturated carbocycles. The SMILES string of the molecule is CN1CC(c2ccc(Cl)cc2Cl)C(C(O)c2cccnc2)=C1c1ccccc1Cl. The third-order valence-corrected chi connectivity index (χ3v) is 6.14. The minimum absolute atomic E-state index is 0.119. The molecule has 1 N–H and O–H groups in total. The molecule has 2 heterocycles. The molecule has 2 atom stereocenters. The van der Waals surface area contributed by atoms with Crippen LogP contribution in [0, 0.1) is 0 Å². The minimum atomic E-state index is -0.850. The fraction of sp³-hybridized carbons (Fsp3) is 0.174. The van der Waals surface area contributed by atoms with E-state index < -0.39 is 6.10 Å². The van der Waals surface area contributed by atoms with Gasteiger partial charge in [-0.15, -0.1) is 0 Å². The first-order valence-corrected chi connectivity index (χ1v) is 10.3. The number of nitrogens with zero attached hydrogens (tertiary/aromatic N) is 2. The molecule has 1 aromatic heterocycles. The highest BCUT2D eigenvalue weighted by atomic mass is 35.5. The lowest BCUT2D eigenvalue weighted by Gasteiger charge is -2.22. The molecule has 0 saturated heterocycles. The Balaban J connectivity index is 1.94. The van der Waals surface area contributed by atoms with Crippen LogP contribution in [0.5, 0.6) is 0 Å². The molecule has 6 heteroatoms. The lowest BCUT2D eigenvalue weighted by Crippen LogP contribution is -2.16. The maximum atomic E-state index is 11.4. The normalized spacial score (nSPS) is 17.7. The van der Waals surface area contributed by atoms with Crippen molar-refractivity contribution in [2.45, 2.75) is 12.0 Å². The van der Waals surface area contributed by atoms with Crippen molar-refractivity contribution >= 4 is 40.5 Å². The van der Waals surface area contributed by atoms with Gasteiger partial charge in [0.25, 0.3) is 0 Å². The summed E-state index contributed by atoms with van der Waals surface area (Å²) < 4.78 is 0. The van der Waals surface area contributed by atoms with Gasteiger partial charge in [0, 0.05) is 63.8 Å². The summed E-state index contributed by atoms with van der Waals surface area (Å²) in [5, 5.41) is 13.2. The molecule has 0 spiro atoms. The minimum Gasteiger partial charge on any atom is -0.384 e. The number of halogens is 3. The van der Waals surface area contributed by atoms with E-state index in [4.69, 9.17) is 34.8 Å². The van der Waals surface area contributed by atoms with Crippen LogP contribution in [0.3, 0.4) is 0 Å². The van der Waals surface area contributed by atoms with Gasteiger partial charge in [-0.25, -0.2) is 0 Å². The maximum absolute atomic E-state index is 11.4. The Kier molecular flexibility index (Phi) is 5.84. The zero-order valence-electron chi connectivity index (χ0n) is 15.7. The van der Waals surface area contributed by atoms with E-state index >= 15 is 0 Å². The van der Waals surface area contributed by atoms with Crippen LogP contribution in [0.25, 0.3) is 5.70 Å². The predicted octanol–water partition coefficient (Wildman–Crippen LogP) is 6.22. The molecule has 3 nitrogen and oxygen atoms in total. The molecular weight excluding hydrogens is 427 g/mol. The molecule has 1 aliphatic heterocycles. The van der Waals surface area contributed by atoms with E-state index in [-0.39, 0.29) is 5.92 Å². The van der Waals surface area contributed by atoms with Crippen LogP contribution in [0.15, 0.2) is 72.6 Å². The molecular formula is C23H19Cl3N2O. The zero-order chi connectivity index (χ0) is 20.5. The monoisotopic (exact) mass is 444 g/mol. The highest BCUT2D eigenvalue weighted by molar-refractivity contribution is 6.35. The van der Waals surface area contributed by atoms with Gasteiger partial charge in [0.1, 0.15) is 6.10 Å². The number of rotatable bonds is 4. The van der Waals surface area contributed by atoms with Gasteiger partial charge in [-0.1, -0.05) is 65.1 Å². The van der Waals surface area contributed by atoms with Crippen molar-refractivity contribution in [1.29, 1.82) is 0 Å². The van der Waals surface area contributed by atoms with E-state index in [2.05, 4.69) is 9.88 Å². The van der Waals surface area contributed by atoms with Crippen LogP contribution in [0.2, 0.25) is 15.1 Å². The average Bonchev–Trinajstić information content (AvgIpc) is 3.05. The molecule has 0 bridgehead atoms. The molecule has 2 unspecified atom stereocenters. The standard InChI is InChI=1S/C23H19Cl3N2O/c1-28-13-18(16-9-8-15(24)11-20(16)26)21(23(29)14-5-4-10-27-12-14)22(28)17-6-2-3-7-19(17)25/h2-12,18,23,29H,13H2,1H3. The Labute approximate surface area is 185 Å². The Bertz CT molecular complexity index is 1070. The third kappa shape index (κ3) is 3.88. The van der Waals surface area contributed by atoms with Gasteiger partial charge in [-0.2, -0.15) is 0 Å². The van der Waals surface area contributed by atoms with E-state index in [0.717, 1.165) is 28.0 Å². The van der Waals surface area contributed by atoms with Crippen LogP contribution in [-0.4, -0.2) is 28.6 Å². The van der Waals surface area contributed by atoms with Crippen LogP contribution in [-0.2, 0) is 0 Å². The topological polar surface area (TPSA) is 36.4 Å². The Morgan fingerprint density at radius 3 is 2.52 bits per heavy atom. The average molecular weight is 446 g/mol. The van der Waals surface area contributed by atoms with E-state index in [1.54, 1.807) is 18.5 Å². The van der Waals surface area contributed by atoms with Crippen LogP contribution >= 0.6 is 34.8 Å². The van der Waals surface area contributed by atoms with Gasteiger partial charge in [-0.05, 0) is 35.4 Å². The number of benzene rings is 2. The fourth-order valence-electron chi connectivity index (χ4n) is 3.95. The molecule has 1 aliphatic rings. The number of likely N-dealkylation sites (N-methyl/N-ethyl adjacent to an activating group) is 1. The molecule has 0 amide bonds. The highest BCUT2D eigenvalue weighted by Gasteiger charge is 2.37. The van der Waals surface area contributed by atoms with Crippen molar-refractivity contribution in [2.75, 3.05) is 13.6 Å². The van der Waals surface area contributed by atoms with Gasteiger partial charge in [-0.3, -0.25) is 4.98 Å². The number of hydrogen-bond acceptors (Lipinski definition) is 3. The van der Waals surface area contributed by atoms with Gasteiger partial charge in [0.05, 0.1) is 0 Å². The largest absolute Gasteiger partial charge is 0.384 e. The van der Waals surface area contributed by atoms with E-state index in [9.17, 15) is 5.11 Å². The van der Waals surface area contributed by atoms with Gasteiger partial charge < -0.3 is 10.0 Å². The maximum Gasteiger partial charge on any atom is 0.105 e. The Morgan fingerprint density at radius 2 is 1.83 bits per heavy atom. The summed E-state index contributed by atoms with van der Waals surface area (Å²) in [4.78, 5) is 6.29. The number of aliphatic hydroxyl groups excluding tert-OH is 1. The summed E-state index contributed by atoms with van der Waals surface area (Å²) in [5.74, 6) is -0.119. The third-order valence-electron chi connectivity index (χ3n) is 5.25. The highest BCUT2D eigenvalue weighted by Crippen LogP contribution is 2.48. The van der Waals surface area contributed by atoms with Crippen LogP contribution in [0.1, 0.15) is 28.7 Å². The second kappa shape index (κ2) is 8.37. The van der Waals surface area contributed by atoms with E-state index in [1.807, 2.05) is 55.6 Å². The predicted molar refractivity (Wildman–Crippen MR) is 119 cm³/mol. The van der Waals surface area contributed by atoms with Crippen LogP contribution in [0.4, 0.5) is 0 Å². The van der Waals surface area contributed by atoms with Crippen molar-refractivity contribution in [2.24, 2.45) is 0 Å². The van der Waals surface area contributed by atoms with Crippen molar-refractivity contribution in [3.05, 3.63) is 104 Å². The molecule has 0 aliphatic carbocycles. The number of pyridine rings is 1. The summed E-state index contributed by atoms with van der Waals surface area (Å²) in [6.45, 7) is 0.661. The van der Waals surface area contributed by atoms with Gasteiger partial charge in [0.15, 0.2) is 0 Å². The number of aliphatic hydroxyl groups is 1. The van der Waals surface area contributed by atoms with Gasteiger partial charge >= 0.3 is 0 Å². The molecule has 29 heavy (non-hydrogen) atoms. The molecule has 148 valence electrons. The quantitative estimate of drug-likeness (QED) is 0.518. The second-order valence-electron chi connectivity index (χ2n) is 7.07. The summed E-state index contributed by atoms with van der Waals surface area (Å²) in [7, 11) is 2.00. The molecule has 0 radical (unpaired) electrons. The summed E-state index contributed by atoms with van der Waals surface area (Å²) in [5.41, 5.74) is 4.27. The zero-order valence-corrected chi connectivity index (χ0v) is 18.0. The lowest BCUT2D eigenvalue weighted by molar-refractivity contribution is 0.210. The summed E-state index contributed by atoms with van der Waals surface area (Å²) >= 11 is 19.2. The van der Waals surface area contributed by atoms with E-state index in [0.29, 0.717) is 21.6 Å². The Hall–Kier alpha value is -2.04.